The van der Waals surface area contributed by atoms with E-state index < -0.39 is 0 Å². The number of hydrogen-bond acceptors (Lipinski definition) is 1. The smallest absolute Gasteiger partial charge is 0.126 e. The van der Waals surface area contributed by atoms with Gasteiger partial charge in [-0.15, -0.1) is 0 Å². The van der Waals surface area contributed by atoms with Gasteiger partial charge in [0.25, 0.3) is 0 Å². The number of methoxy groups -OCH3 is 1. The zero-order valence-corrected chi connectivity index (χ0v) is 9.42. The third-order valence-corrected chi connectivity index (χ3v) is 3.16. The molecule has 1 aliphatic carbocycles. The molecule has 1 atom stereocenters. The first kappa shape index (κ1) is 9.57. The van der Waals surface area contributed by atoms with Crippen LogP contribution in [0.2, 0.25) is 0 Å². The Morgan fingerprint density at radius 2 is 2.07 bits per heavy atom. The third-order valence-electron chi connectivity index (χ3n) is 3.16. The SMILES string of the molecule is COc1c(C(C)C)ccc2c1[C@H](C)C2. The van der Waals surface area contributed by atoms with Gasteiger partial charge in [0.1, 0.15) is 5.75 Å². The molecule has 0 bridgehead atoms. The van der Waals surface area contributed by atoms with Crippen LogP contribution in [0, 0.1) is 0 Å². The van der Waals surface area contributed by atoms with Gasteiger partial charge in [0.05, 0.1) is 7.11 Å². The molecule has 0 N–H and O–H groups in total. The lowest BCUT2D eigenvalue weighted by atomic mass is 9.76. The van der Waals surface area contributed by atoms with Crippen LogP contribution in [-0.4, -0.2) is 7.11 Å². The van der Waals surface area contributed by atoms with Gasteiger partial charge >= 0.3 is 0 Å². The molecule has 1 nitrogen and oxygen atoms in total. The predicted molar refractivity (Wildman–Crippen MR) is 59.2 cm³/mol. The molecule has 0 fully saturated rings. The molecule has 0 aliphatic heterocycles. The maximum atomic E-state index is 5.54. The molecule has 0 unspecified atom stereocenters. The summed E-state index contributed by atoms with van der Waals surface area (Å²) in [7, 11) is 1.78. The normalized spacial score (nSPS) is 19.1. The van der Waals surface area contributed by atoms with Crippen LogP contribution < -0.4 is 4.74 Å². The average Bonchev–Trinajstić information content (AvgIpc) is 2.14. The average molecular weight is 190 g/mol. The van der Waals surface area contributed by atoms with Gasteiger partial charge in [0.2, 0.25) is 0 Å². The zero-order valence-electron chi connectivity index (χ0n) is 9.42. The molecule has 0 spiro atoms. The lowest BCUT2D eigenvalue weighted by molar-refractivity contribution is 0.392. The number of ether oxygens (including phenoxy) is 1. The monoisotopic (exact) mass is 190 g/mol. The highest BCUT2D eigenvalue weighted by atomic mass is 16.5. The molecule has 14 heavy (non-hydrogen) atoms. The molecule has 1 aromatic rings. The van der Waals surface area contributed by atoms with Crippen molar-refractivity contribution in [1.82, 2.24) is 0 Å². The second-order valence-electron chi connectivity index (χ2n) is 4.52. The van der Waals surface area contributed by atoms with Crippen molar-refractivity contribution in [3.05, 3.63) is 28.8 Å². The summed E-state index contributed by atoms with van der Waals surface area (Å²) in [5, 5.41) is 0. The highest BCUT2D eigenvalue weighted by Crippen LogP contribution is 2.44. The maximum absolute atomic E-state index is 5.54. The number of fused-ring (bicyclic) bond motifs is 1. The molecule has 0 saturated carbocycles. The summed E-state index contributed by atoms with van der Waals surface area (Å²) in [6, 6.07) is 4.47. The Morgan fingerprint density at radius 1 is 1.36 bits per heavy atom. The predicted octanol–water partition coefficient (Wildman–Crippen LogP) is 3.48. The number of rotatable bonds is 2. The summed E-state index contributed by atoms with van der Waals surface area (Å²) in [5.41, 5.74) is 4.26. The summed E-state index contributed by atoms with van der Waals surface area (Å²) in [4.78, 5) is 0. The van der Waals surface area contributed by atoms with Gasteiger partial charge in [-0.1, -0.05) is 32.9 Å². The van der Waals surface area contributed by atoms with Crippen LogP contribution >= 0.6 is 0 Å². The lowest BCUT2D eigenvalue weighted by Gasteiger charge is -2.31. The van der Waals surface area contributed by atoms with Gasteiger partial charge in [-0.25, -0.2) is 0 Å². The van der Waals surface area contributed by atoms with E-state index in [1.54, 1.807) is 7.11 Å². The first-order valence-corrected chi connectivity index (χ1v) is 5.34. The van der Waals surface area contributed by atoms with Crippen LogP contribution in [0.15, 0.2) is 12.1 Å². The van der Waals surface area contributed by atoms with Gasteiger partial charge in [0, 0.05) is 5.56 Å². The van der Waals surface area contributed by atoms with E-state index in [2.05, 4.69) is 32.9 Å². The molecule has 0 radical (unpaired) electrons. The van der Waals surface area contributed by atoms with Crippen LogP contribution in [0.1, 0.15) is 49.3 Å². The van der Waals surface area contributed by atoms with Gasteiger partial charge in [0.15, 0.2) is 0 Å². The van der Waals surface area contributed by atoms with Crippen molar-refractivity contribution in [1.29, 1.82) is 0 Å². The largest absolute Gasteiger partial charge is 0.496 e. The highest BCUT2D eigenvalue weighted by molar-refractivity contribution is 5.54. The minimum atomic E-state index is 0.544. The van der Waals surface area contributed by atoms with Gasteiger partial charge in [-0.2, -0.15) is 0 Å². The molecule has 1 heteroatoms. The molecule has 76 valence electrons. The standard InChI is InChI=1S/C13H18O/c1-8(2)11-6-5-10-7-9(3)12(10)13(11)14-4/h5-6,8-9H,7H2,1-4H3/t9-/m1/s1. The molecule has 1 aliphatic rings. The van der Waals surface area contributed by atoms with Crippen LogP contribution in [0.5, 0.6) is 5.75 Å². The lowest BCUT2D eigenvalue weighted by Crippen LogP contribution is -2.16. The van der Waals surface area contributed by atoms with E-state index >= 15 is 0 Å². The Hall–Kier alpha value is -0.980. The minimum absolute atomic E-state index is 0.544. The Labute approximate surface area is 86.1 Å². The van der Waals surface area contributed by atoms with Crippen LogP contribution in [0.25, 0.3) is 0 Å². The van der Waals surface area contributed by atoms with E-state index in [0.717, 1.165) is 5.75 Å². The van der Waals surface area contributed by atoms with E-state index in [9.17, 15) is 0 Å². The molecular weight excluding hydrogens is 172 g/mol. The molecule has 0 amide bonds. The van der Waals surface area contributed by atoms with Crippen molar-refractivity contribution in [3.63, 3.8) is 0 Å². The highest BCUT2D eigenvalue weighted by Gasteiger charge is 2.28. The minimum Gasteiger partial charge on any atom is -0.496 e. The van der Waals surface area contributed by atoms with Crippen molar-refractivity contribution in [2.45, 2.75) is 39.0 Å². The van der Waals surface area contributed by atoms with E-state index in [-0.39, 0.29) is 0 Å². The van der Waals surface area contributed by atoms with Gasteiger partial charge in [-0.05, 0) is 29.4 Å². The van der Waals surface area contributed by atoms with Crippen molar-refractivity contribution in [2.24, 2.45) is 0 Å². The summed E-state index contributed by atoms with van der Waals surface area (Å²) in [6.45, 7) is 6.70. The zero-order chi connectivity index (χ0) is 10.3. The van der Waals surface area contributed by atoms with Crippen molar-refractivity contribution >= 4 is 0 Å². The third kappa shape index (κ3) is 1.23. The van der Waals surface area contributed by atoms with Crippen molar-refractivity contribution in [2.75, 3.05) is 7.11 Å². The van der Waals surface area contributed by atoms with E-state index in [1.165, 1.54) is 23.1 Å². The van der Waals surface area contributed by atoms with E-state index in [4.69, 9.17) is 4.74 Å². The topological polar surface area (TPSA) is 9.23 Å². The van der Waals surface area contributed by atoms with Crippen LogP contribution in [-0.2, 0) is 6.42 Å². The van der Waals surface area contributed by atoms with E-state index in [0.29, 0.717) is 11.8 Å². The molecule has 2 rings (SSSR count). The summed E-state index contributed by atoms with van der Waals surface area (Å²) < 4.78 is 5.54. The van der Waals surface area contributed by atoms with Crippen LogP contribution in [0.4, 0.5) is 0 Å². The van der Waals surface area contributed by atoms with E-state index in [1.807, 2.05) is 0 Å². The summed E-state index contributed by atoms with van der Waals surface area (Å²) in [5.74, 6) is 2.36. The Morgan fingerprint density at radius 3 is 2.57 bits per heavy atom. The summed E-state index contributed by atoms with van der Waals surface area (Å²) >= 11 is 0. The first-order valence-electron chi connectivity index (χ1n) is 5.34. The Balaban J connectivity index is 2.54. The van der Waals surface area contributed by atoms with Crippen LogP contribution in [0.3, 0.4) is 0 Å². The fourth-order valence-corrected chi connectivity index (χ4v) is 2.36. The van der Waals surface area contributed by atoms with Gasteiger partial charge < -0.3 is 4.74 Å². The molecular formula is C13H18O. The molecule has 0 heterocycles. The maximum Gasteiger partial charge on any atom is 0.126 e. The van der Waals surface area contributed by atoms with Crippen molar-refractivity contribution in [3.8, 4) is 5.75 Å². The quantitative estimate of drug-likeness (QED) is 0.693. The fourth-order valence-electron chi connectivity index (χ4n) is 2.36. The number of benzene rings is 1. The van der Waals surface area contributed by atoms with Gasteiger partial charge in [-0.3, -0.25) is 0 Å². The second kappa shape index (κ2) is 3.30. The first-order chi connectivity index (χ1) is 6.65. The number of hydrogen-bond donors (Lipinski definition) is 0. The van der Waals surface area contributed by atoms with Crippen molar-refractivity contribution < 1.29 is 4.74 Å². The molecule has 1 aromatic carbocycles. The fraction of sp³-hybridized carbons (Fsp3) is 0.538. The second-order valence-corrected chi connectivity index (χ2v) is 4.52. The molecule has 0 aromatic heterocycles. The summed E-state index contributed by atoms with van der Waals surface area (Å²) in [6.07, 6.45) is 1.21. The Kier molecular flexibility index (Phi) is 2.26. The Bertz CT molecular complexity index is 352. The molecule has 0 saturated heterocycles.